The summed E-state index contributed by atoms with van der Waals surface area (Å²) >= 11 is 0. The maximum atomic E-state index is 11.1. The Morgan fingerprint density at radius 2 is 2.41 bits per heavy atom. The minimum atomic E-state index is -0.983. The molecule has 1 saturated carbocycles. The third-order valence-electron chi connectivity index (χ3n) is 2.82. The van der Waals surface area contributed by atoms with Crippen LogP contribution in [0.15, 0.2) is 18.3 Å². The largest absolute Gasteiger partial charge is 0.476 e. The van der Waals surface area contributed by atoms with Crippen LogP contribution in [-0.4, -0.2) is 42.4 Å². The SMILES string of the molecule is COCCN(c1cccnc1C(=O)O)C1CC1. The maximum absolute atomic E-state index is 11.1. The summed E-state index contributed by atoms with van der Waals surface area (Å²) in [5, 5.41) is 9.12. The zero-order valence-corrected chi connectivity index (χ0v) is 9.80. The van der Waals surface area contributed by atoms with Gasteiger partial charge in [-0.3, -0.25) is 0 Å². The number of anilines is 1. The van der Waals surface area contributed by atoms with E-state index in [1.54, 1.807) is 13.2 Å². The molecular weight excluding hydrogens is 220 g/mol. The first-order valence-electron chi connectivity index (χ1n) is 5.68. The number of aromatic nitrogens is 1. The third kappa shape index (κ3) is 2.74. The van der Waals surface area contributed by atoms with Crippen LogP contribution in [0.4, 0.5) is 5.69 Å². The molecule has 1 N–H and O–H groups in total. The van der Waals surface area contributed by atoms with Gasteiger partial charge in [0.05, 0.1) is 12.3 Å². The number of carboxylic acids is 1. The Morgan fingerprint density at radius 3 is 3.00 bits per heavy atom. The fourth-order valence-corrected chi connectivity index (χ4v) is 1.87. The highest BCUT2D eigenvalue weighted by atomic mass is 16.5. The molecule has 1 heterocycles. The van der Waals surface area contributed by atoms with Crippen LogP contribution in [0, 0.1) is 0 Å². The maximum Gasteiger partial charge on any atom is 0.356 e. The van der Waals surface area contributed by atoms with Crippen LogP contribution in [0.1, 0.15) is 23.3 Å². The van der Waals surface area contributed by atoms with E-state index < -0.39 is 5.97 Å². The monoisotopic (exact) mass is 236 g/mol. The Kier molecular flexibility index (Phi) is 3.58. The minimum absolute atomic E-state index is 0.121. The molecule has 17 heavy (non-hydrogen) atoms. The Balaban J connectivity index is 2.25. The van der Waals surface area contributed by atoms with Gasteiger partial charge in [0.2, 0.25) is 0 Å². The summed E-state index contributed by atoms with van der Waals surface area (Å²) in [5.41, 5.74) is 0.815. The molecule has 5 nitrogen and oxygen atoms in total. The van der Waals surface area contributed by atoms with Gasteiger partial charge < -0.3 is 14.7 Å². The van der Waals surface area contributed by atoms with Gasteiger partial charge in [-0.15, -0.1) is 0 Å². The van der Waals surface area contributed by atoms with Gasteiger partial charge in [0.15, 0.2) is 5.69 Å². The van der Waals surface area contributed by atoms with Crippen molar-refractivity contribution in [3.8, 4) is 0 Å². The van der Waals surface area contributed by atoms with E-state index in [0.29, 0.717) is 24.9 Å². The average Bonchev–Trinajstić information content (AvgIpc) is 3.14. The Hall–Kier alpha value is -1.62. The molecule has 0 atom stereocenters. The van der Waals surface area contributed by atoms with Crippen molar-refractivity contribution in [3.63, 3.8) is 0 Å². The topological polar surface area (TPSA) is 62.7 Å². The number of pyridine rings is 1. The predicted octanol–water partition coefficient (Wildman–Crippen LogP) is 1.40. The Labute approximate surface area is 100 Å². The highest BCUT2D eigenvalue weighted by Crippen LogP contribution is 2.32. The van der Waals surface area contributed by atoms with E-state index in [1.807, 2.05) is 6.07 Å². The quantitative estimate of drug-likeness (QED) is 0.808. The van der Waals surface area contributed by atoms with Crippen molar-refractivity contribution in [2.45, 2.75) is 18.9 Å². The van der Waals surface area contributed by atoms with E-state index in [1.165, 1.54) is 6.20 Å². The molecular formula is C12H16N2O3. The smallest absolute Gasteiger partial charge is 0.356 e. The lowest BCUT2D eigenvalue weighted by molar-refractivity contribution is 0.0691. The second-order valence-electron chi connectivity index (χ2n) is 4.09. The molecule has 5 heteroatoms. The van der Waals surface area contributed by atoms with Gasteiger partial charge in [-0.25, -0.2) is 9.78 Å². The summed E-state index contributed by atoms with van der Waals surface area (Å²) in [6.07, 6.45) is 3.73. The van der Waals surface area contributed by atoms with Crippen LogP contribution >= 0.6 is 0 Å². The molecule has 0 saturated heterocycles. The molecule has 1 aromatic heterocycles. The van der Waals surface area contributed by atoms with Crippen LogP contribution in [0.3, 0.4) is 0 Å². The molecule has 1 aliphatic rings. The van der Waals surface area contributed by atoms with Crippen LogP contribution < -0.4 is 4.90 Å². The van der Waals surface area contributed by atoms with Crippen molar-refractivity contribution in [2.24, 2.45) is 0 Å². The number of methoxy groups -OCH3 is 1. The first-order valence-corrected chi connectivity index (χ1v) is 5.68. The molecule has 92 valence electrons. The number of hydrogen-bond acceptors (Lipinski definition) is 4. The third-order valence-corrected chi connectivity index (χ3v) is 2.82. The van der Waals surface area contributed by atoms with Crippen LogP contribution in [0.5, 0.6) is 0 Å². The fraction of sp³-hybridized carbons (Fsp3) is 0.500. The fourth-order valence-electron chi connectivity index (χ4n) is 1.87. The first-order chi connectivity index (χ1) is 8.24. The minimum Gasteiger partial charge on any atom is -0.476 e. The van der Waals surface area contributed by atoms with Gasteiger partial charge in [-0.1, -0.05) is 0 Å². The average molecular weight is 236 g/mol. The number of ether oxygens (including phenoxy) is 1. The molecule has 0 aromatic carbocycles. The van der Waals surface area contributed by atoms with E-state index in [0.717, 1.165) is 12.8 Å². The highest BCUT2D eigenvalue weighted by molar-refractivity contribution is 5.92. The number of carboxylic acid groups (broad SMARTS) is 1. The first kappa shape index (κ1) is 11.9. The van der Waals surface area contributed by atoms with Gasteiger partial charge in [-0.2, -0.15) is 0 Å². The van der Waals surface area contributed by atoms with Crippen molar-refractivity contribution in [2.75, 3.05) is 25.2 Å². The summed E-state index contributed by atoms with van der Waals surface area (Å²) in [7, 11) is 1.65. The summed E-state index contributed by atoms with van der Waals surface area (Å²) < 4.78 is 5.06. The Bertz CT molecular complexity index is 404. The molecule has 1 fully saturated rings. The van der Waals surface area contributed by atoms with E-state index in [9.17, 15) is 4.79 Å². The van der Waals surface area contributed by atoms with E-state index in [-0.39, 0.29) is 5.69 Å². The number of rotatable bonds is 6. The van der Waals surface area contributed by atoms with Crippen molar-refractivity contribution in [1.82, 2.24) is 4.98 Å². The summed E-state index contributed by atoms with van der Waals surface area (Å²) in [5.74, 6) is -0.983. The van der Waals surface area contributed by atoms with Crippen LogP contribution in [0.25, 0.3) is 0 Å². The standard InChI is InChI=1S/C12H16N2O3/c1-17-8-7-14(9-4-5-9)10-3-2-6-13-11(10)12(15)16/h2-3,6,9H,4-5,7-8H2,1H3,(H,15,16). The number of nitrogens with zero attached hydrogens (tertiary/aromatic N) is 2. The van der Waals surface area contributed by atoms with Crippen molar-refractivity contribution in [1.29, 1.82) is 0 Å². The van der Waals surface area contributed by atoms with Gasteiger partial charge in [-0.05, 0) is 25.0 Å². The molecule has 0 radical (unpaired) electrons. The Morgan fingerprint density at radius 1 is 1.65 bits per heavy atom. The lowest BCUT2D eigenvalue weighted by Crippen LogP contribution is -2.31. The molecule has 0 unspecified atom stereocenters. The number of hydrogen-bond donors (Lipinski definition) is 1. The molecule has 0 spiro atoms. The second kappa shape index (κ2) is 5.14. The summed E-state index contributed by atoms with van der Waals surface area (Å²) in [4.78, 5) is 17.1. The van der Waals surface area contributed by atoms with Gasteiger partial charge in [0.1, 0.15) is 0 Å². The van der Waals surface area contributed by atoms with E-state index in [4.69, 9.17) is 9.84 Å². The molecule has 1 aromatic rings. The molecule has 0 aliphatic heterocycles. The zero-order valence-electron chi connectivity index (χ0n) is 9.80. The lowest BCUT2D eigenvalue weighted by atomic mass is 10.2. The van der Waals surface area contributed by atoms with Gasteiger partial charge in [0, 0.05) is 25.9 Å². The van der Waals surface area contributed by atoms with Gasteiger partial charge in [0.25, 0.3) is 0 Å². The highest BCUT2D eigenvalue weighted by Gasteiger charge is 2.31. The van der Waals surface area contributed by atoms with Crippen molar-refractivity contribution >= 4 is 11.7 Å². The van der Waals surface area contributed by atoms with Gasteiger partial charge >= 0.3 is 5.97 Å². The van der Waals surface area contributed by atoms with Crippen molar-refractivity contribution < 1.29 is 14.6 Å². The molecule has 0 bridgehead atoms. The lowest BCUT2D eigenvalue weighted by Gasteiger charge is -2.25. The summed E-state index contributed by atoms with van der Waals surface area (Å²) in [6, 6.07) is 4.02. The van der Waals surface area contributed by atoms with E-state index >= 15 is 0 Å². The molecule has 0 amide bonds. The number of carbonyl (C=O) groups is 1. The number of aromatic carboxylic acids is 1. The zero-order chi connectivity index (χ0) is 12.3. The van der Waals surface area contributed by atoms with Crippen molar-refractivity contribution in [3.05, 3.63) is 24.0 Å². The molecule has 2 rings (SSSR count). The second-order valence-corrected chi connectivity index (χ2v) is 4.09. The normalized spacial score (nSPS) is 14.6. The molecule has 1 aliphatic carbocycles. The summed E-state index contributed by atoms with van der Waals surface area (Å²) in [6.45, 7) is 1.29. The predicted molar refractivity (Wildman–Crippen MR) is 63.4 cm³/mol. The van der Waals surface area contributed by atoms with E-state index in [2.05, 4.69) is 9.88 Å². The van der Waals surface area contributed by atoms with Crippen LogP contribution in [-0.2, 0) is 4.74 Å². The van der Waals surface area contributed by atoms with Crippen LogP contribution in [0.2, 0.25) is 0 Å².